The minimum absolute atomic E-state index is 0.0948. The number of ether oxygens (including phenoxy) is 2. The number of allylic oxidation sites excluding steroid dienone is 9. The molecule has 3 aliphatic carbocycles. The molecule has 4 heteroatoms. The quantitative estimate of drug-likeness (QED) is 0.0406. The van der Waals surface area contributed by atoms with Gasteiger partial charge in [0.25, 0.3) is 0 Å². The largest absolute Gasteiger partial charge is 0.461 e. The Kier molecular flexibility index (Phi) is 26.5. The van der Waals surface area contributed by atoms with Crippen LogP contribution < -0.4 is 0 Å². The van der Waals surface area contributed by atoms with Gasteiger partial charge in [-0.1, -0.05) is 173 Å². The van der Waals surface area contributed by atoms with E-state index in [0.29, 0.717) is 32.0 Å². The number of hydrogen-bond donors (Lipinski definition) is 1. The summed E-state index contributed by atoms with van der Waals surface area (Å²) >= 11 is 0. The van der Waals surface area contributed by atoms with Crippen LogP contribution in [-0.4, -0.2) is 37.0 Å². The van der Waals surface area contributed by atoms with Crippen molar-refractivity contribution in [3.63, 3.8) is 0 Å². The van der Waals surface area contributed by atoms with Crippen molar-refractivity contribution >= 4 is 5.97 Å². The van der Waals surface area contributed by atoms with Crippen molar-refractivity contribution in [2.45, 2.75) is 247 Å². The van der Waals surface area contributed by atoms with Crippen molar-refractivity contribution in [2.24, 2.45) is 27.6 Å². The summed E-state index contributed by atoms with van der Waals surface area (Å²) in [6.45, 7) is 16.4. The fourth-order valence-corrected chi connectivity index (χ4v) is 11.6. The first kappa shape index (κ1) is 53.4. The topological polar surface area (TPSA) is 55.8 Å². The first-order chi connectivity index (χ1) is 29.6. The number of esters is 1. The van der Waals surface area contributed by atoms with Crippen molar-refractivity contribution in [3.05, 3.63) is 60.3 Å². The van der Waals surface area contributed by atoms with E-state index in [-0.39, 0.29) is 27.6 Å². The normalized spacial score (nSPS) is 26.6. The lowest BCUT2D eigenvalue weighted by molar-refractivity contribution is -0.230. The average molecular weight is 847 g/mol. The lowest BCUT2D eigenvalue weighted by Crippen LogP contribution is -2.64. The first-order valence-corrected chi connectivity index (χ1v) is 26.3. The maximum Gasteiger partial charge on any atom is 0.306 e. The molecule has 0 heterocycles. The molecule has 0 bridgehead atoms. The zero-order valence-corrected chi connectivity index (χ0v) is 41.1. The monoisotopic (exact) mass is 847 g/mol. The molecular weight excluding hydrogens is 749 g/mol. The molecule has 0 aromatic carbocycles. The number of hydrogen-bond acceptors (Lipinski definition) is 4. The lowest BCUT2D eigenvalue weighted by atomic mass is 9.36. The van der Waals surface area contributed by atoms with Gasteiger partial charge in [-0.15, -0.1) is 0 Å². The fourth-order valence-electron chi connectivity index (χ4n) is 11.6. The Bertz CT molecular complexity index is 1320. The van der Waals surface area contributed by atoms with Gasteiger partial charge in [0.15, 0.2) is 0 Å². The van der Waals surface area contributed by atoms with Crippen LogP contribution in [0.4, 0.5) is 0 Å². The second-order valence-electron chi connectivity index (χ2n) is 20.9. The maximum atomic E-state index is 12.9. The molecule has 5 unspecified atom stereocenters. The van der Waals surface area contributed by atoms with E-state index in [9.17, 15) is 9.90 Å². The van der Waals surface area contributed by atoms with Crippen LogP contribution in [0.1, 0.15) is 241 Å². The van der Waals surface area contributed by atoms with Gasteiger partial charge in [0.2, 0.25) is 0 Å². The number of rotatable bonds is 33. The molecule has 0 amide bonds. The molecule has 61 heavy (non-hydrogen) atoms. The van der Waals surface area contributed by atoms with Crippen molar-refractivity contribution in [3.8, 4) is 0 Å². The van der Waals surface area contributed by atoms with Crippen LogP contribution in [0, 0.1) is 27.6 Å². The van der Waals surface area contributed by atoms with Gasteiger partial charge in [-0.05, 0) is 143 Å². The zero-order valence-electron chi connectivity index (χ0n) is 41.1. The highest BCUT2D eigenvalue weighted by molar-refractivity contribution is 5.69. The van der Waals surface area contributed by atoms with E-state index >= 15 is 0 Å². The Morgan fingerprint density at radius 2 is 1.18 bits per heavy atom. The lowest BCUT2D eigenvalue weighted by Gasteiger charge is -2.69. The number of fused-ring (bicyclic) bond motifs is 3. The van der Waals surface area contributed by atoms with Gasteiger partial charge in [-0.3, -0.25) is 4.79 Å². The van der Waals surface area contributed by atoms with Crippen LogP contribution in [0.15, 0.2) is 60.3 Å². The third-order valence-corrected chi connectivity index (χ3v) is 16.2. The Morgan fingerprint density at radius 1 is 0.656 bits per heavy atom. The average Bonchev–Trinajstić information content (AvgIpc) is 3.38. The molecule has 0 spiro atoms. The third-order valence-electron chi connectivity index (χ3n) is 16.2. The van der Waals surface area contributed by atoms with Crippen molar-refractivity contribution < 1.29 is 19.4 Å². The van der Waals surface area contributed by atoms with Crippen LogP contribution in [-0.2, 0) is 14.3 Å². The van der Waals surface area contributed by atoms with E-state index in [1.165, 1.54) is 128 Å². The molecular formula is C57H98O4. The van der Waals surface area contributed by atoms with Crippen molar-refractivity contribution in [1.82, 2.24) is 0 Å². The summed E-state index contributed by atoms with van der Waals surface area (Å²) in [4.78, 5) is 12.9. The molecule has 2 fully saturated rings. The maximum absolute atomic E-state index is 12.9. The Hall–Kier alpha value is -1.91. The van der Waals surface area contributed by atoms with Gasteiger partial charge in [-0.25, -0.2) is 0 Å². The van der Waals surface area contributed by atoms with Crippen LogP contribution in [0.3, 0.4) is 0 Å². The van der Waals surface area contributed by atoms with E-state index in [0.717, 1.165) is 70.0 Å². The standard InChI is InChI=1S/C57H98O4/c1-7-9-11-13-15-17-19-21-23-25-27-29-31-33-35-37-46-60-49-57-45-44-56(6)54(3,4)42-38-43-55(56,5)51(57)41-40-50(47-52(57)58)48-61-53(59)39-36-34-32-30-28-26-24-22-20-18-16-14-12-10-8-2/h15-18,21-24,40,51-52,58H,7-14,19-20,25-39,41-49H2,1-6H3/b17-15-,18-16-,23-21-,24-22-. The Labute approximate surface area is 378 Å². The molecule has 3 aliphatic rings. The van der Waals surface area contributed by atoms with Crippen LogP contribution >= 0.6 is 0 Å². The van der Waals surface area contributed by atoms with Gasteiger partial charge >= 0.3 is 5.97 Å². The summed E-state index contributed by atoms with van der Waals surface area (Å²) in [5.74, 6) is 0.243. The molecule has 0 aromatic rings. The van der Waals surface area contributed by atoms with Crippen LogP contribution in [0.5, 0.6) is 0 Å². The molecule has 0 aromatic heterocycles. The summed E-state index contributed by atoms with van der Waals surface area (Å²) < 4.78 is 12.6. The van der Waals surface area contributed by atoms with Crippen molar-refractivity contribution in [1.29, 1.82) is 0 Å². The molecule has 4 nitrogen and oxygen atoms in total. The van der Waals surface area contributed by atoms with Gasteiger partial charge in [-0.2, -0.15) is 0 Å². The molecule has 0 aliphatic heterocycles. The predicted octanol–water partition coefficient (Wildman–Crippen LogP) is 16.9. The molecule has 350 valence electrons. The molecule has 0 radical (unpaired) electrons. The van der Waals surface area contributed by atoms with Gasteiger partial charge in [0.1, 0.15) is 6.61 Å². The Balaban J connectivity index is 1.40. The van der Waals surface area contributed by atoms with E-state index < -0.39 is 6.10 Å². The van der Waals surface area contributed by atoms with Crippen LogP contribution in [0.2, 0.25) is 0 Å². The molecule has 3 rings (SSSR count). The highest BCUT2D eigenvalue weighted by Gasteiger charge is 2.66. The van der Waals surface area contributed by atoms with E-state index in [2.05, 4.69) is 96.2 Å². The molecule has 2 saturated carbocycles. The number of aliphatic hydroxyl groups excluding tert-OH is 1. The minimum atomic E-state index is -0.492. The SMILES string of the molecule is CCCCC/C=C\C/C=C\CCCCCCCCOCC12CCC3(C)C(C)(C)CCCC3(C)C1CC=C(COC(=O)CCCCCCC/C=C\C/C=C\CCCCC)CC2O. The Morgan fingerprint density at radius 3 is 1.75 bits per heavy atom. The van der Waals surface area contributed by atoms with Gasteiger partial charge < -0.3 is 14.6 Å². The summed E-state index contributed by atoms with van der Waals surface area (Å²) in [6.07, 6.45) is 56.2. The van der Waals surface area contributed by atoms with Crippen molar-refractivity contribution in [2.75, 3.05) is 19.8 Å². The van der Waals surface area contributed by atoms with E-state index in [4.69, 9.17) is 9.47 Å². The van der Waals surface area contributed by atoms with E-state index in [1.54, 1.807) is 0 Å². The summed E-state index contributed by atoms with van der Waals surface area (Å²) in [5.41, 5.74) is 1.40. The summed E-state index contributed by atoms with van der Waals surface area (Å²) in [7, 11) is 0. The number of aliphatic hydroxyl groups is 1. The molecule has 5 atom stereocenters. The predicted molar refractivity (Wildman–Crippen MR) is 263 cm³/mol. The highest BCUT2D eigenvalue weighted by atomic mass is 16.5. The minimum Gasteiger partial charge on any atom is -0.461 e. The van der Waals surface area contributed by atoms with Gasteiger partial charge in [0.05, 0.1) is 12.7 Å². The second-order valence-corrected chi connectivity index (χ2v) is 20.9. The number of carbonyl (C=O) groups is 1. The second kappa shape index (κ2) is 30.3. The van der Waals surface area contributed by atoms with Gasteiger partial charge in [0, 0.05) is 18.4 Å². The zero-order chi connectivity index (χ0) is 44.1. The summed E-state index contributed by atoms with van der Waals surface area (Å²) in [6, 6.07) is 0. The number of carbonyl (C=O) groups excluding carboxylic acids is 1. The third kappa shape index (κ3) is 17.9. The summed E-state index contributed by atoms with van der Waals surface area (Å²) in [5, 5.41) is 12.3. The molecule has 1 N–H and O–H groups in total. The highest BCUT2D eigenvalue weighted by Crippen LogP contribution is 2.72. The van der Waals surface area contributed by atoms with E-state index in [1.807, 2.05) is 0 Å². The molecule has 0 saturated heterocycles. The smallest absolute Gasteiger partial charge is 0.306 e. The first-order valence-electron chi connectivity index (χ1n) is 26.3. The van der Waals surface area contributed by atoms with Crippen LogP contribution in [0.25, 0.3) is 0 Å². The number of unbranched alkanes of at least 4 members (excludes halogenated alkanes) is 17. The fraction of sp³-hybridized carbons (Fsp3) is 0.807.